The molecule has 1 aliphatic heterocycles. The number of likely N-dealkylation sites (N-methyl/N-ethyl adjacent to an activating group) is 1. The van der Waals surface area contributed by atoms with Gasteiger partial charge < -0.3 is 19.4 Å². The van der Waals surface area contributed by atoms with E-state index in [2.05, 4.69) is 14.6 Å². The van der Waals surface area contributed by atoms with Gasteiger partial charge in [-0.3, -0.25) is 14.6 Å². The zero-order valence-corrected chi connectivity index (χ0v) is 21.9. The molecule has 222 valence electrons. The number of hydrogen-bond donors (Lipinski definition) is 0. The standard InChI is InChI=1S/C24H23F6N5O6/c1-22(2)19(37)34(21(39)33(22)12-14-7-9-31-10-8-14)16-11-15(5-6-17(16)40-24(28,29)30)35(18(36)13-32(3)4)41-20(38)23(25,26)27/h5-11H,12-13H2,1-4H3. The zero-order chi connectivity index (χ0) is 30.9. The molecule has 0 aliphatic carbocycles. The normalized spacial score (nSPS) is 15.4. The van der Waals surface area contributed by atoms with Gasteiger partial charge in [0.25, 0.3) is 11.8 Å². The number of hydroxylamine groups is 1. The Morgan fingerprint density at radius 3 is 2.15 bits per heavy atom. The molecule has 17 heteroatoms. The summed E-state index contributed by atoms with van der Waals surface area (Å²) in [5.74, 6) is -6.15. The number of aromatic nitrogens is 1. The van der Waals surface area contributed by atoms with Gasteiger partial charge in [0, 0.05) is 18.9 Å². The van der Waals surface area contributed by atoms with Crippen molar-refractivity contribution in [1.82, 2.24) is 14.8 Å². The average Bonchev–Trinajstić information content (AvgIpc) is 3.00. The maximum Gasteiger partial charge on any atom is 0.573 e. The molecule has 1 aliphatic rings. The predicted octanol–water partition coefficient (Wildman–Crippen LogP) is 3.64. The summed E-state index contributed by atoms with van der Waals surface area (Å²) >= 11 is 0. The number of ether oxygens (including phenoxy) is 1. The summed E-state index contributed by atoms with van der Waals surface area (Å²) in [5.41, 5.74) is -2.67. The van der Waals surface area contributed by atoms with E-state index in [-0.39, 0.29) is 11.6 Å². The highest BCUT2D eigenvalue weighted by Gasteiger charge is 2.53. The van der Waals surface area contributed by atoms with Gasteiger partial charge in [0.15, 0.2) is 5.75 Å². The molecule has 1 saturated heterocycles. The van der Waals surface area contributed by atoms with Crippen LogP contribution in [0.15, 0.2) is 42.7 Å². The molecule has 0 unspecified atom stereocenters. The van der Waals surface area contributed by atoms with E-state index in [0.717, 1.165) is 4.90 Å². The van der Waals surface area contributed by atoms with Crippen LogP contribution in [0.5, 0.6) is 5.75 Å². The SMILES string of the molecule is CN(C)CC(=O)N(OC(=O)C(F)(F)F)c1ccc(OC(F)(F)F)c(N2C(=O)N(Cc3ccncc3)C(C)(C)C2=O)c1. The quantitative estimate of drug-likeness (QED) is 0.273. The summed E-state index contributed by atoms with van der Waals surface area (Å²) in [6.45, 7) is 1.90. The van der Waals surface area contributed by atoms with E-state index in [1.54, 1.807) is 12.1 Å². The highest BCUT2D eigenvalue weighted by molar-refractivity contribution is 6.23. The van der Waals surface area contributed by atoms with Crippen LogP contribution >= 0.6 is 0 Å². The number of nitrogens with zero attached hydrogens (tertiary/aromatic N) is 5. The lowest BCUT2D eigenvalue weighted by Gasteiger charge is -2.27. The number of carbonyl (C=O) groups excluding carboxylic acids is 4. The van der Waals surface area contributed by atoms with Crippen LogP contribution in [-0.4, -0.2) is 77.3 Å². The molecule has 0 bridgehead atoms. The van der Waals surface area contributed by atoms with Gasteiger partial charge >= 0.3 is 24.5 Å². The lowest BCUT2D eigenvalue weighted by molar-refractivity contribution is -0.274. The number of anilines is 2. The first kappa shape index (κ1) is 31.1. The van der Waals surface area contributed by atoms with Crippen LogP contribution in [0.2, 0.25) is 0 Å². The van der Waals surface area contributed by atoms with Gasteiger partial charge in [0.2, 0.25) is 0 Å². The van der Waals surface area contributed by atoms with Crippen molar-refractivity contribution in [2.45, 2.75) is 38.5 Å². The number of imide groups is 1. The highest BCUT2D eigenvalue weighted by atomic mass is 19.4. The van der Waals surface area contributed by atoms with Crippen LogP contribution in [0.1, 0.15) is 19.4 Å². The summed E-state index contributed by atoms with van der Waals surface area (Å²) in [7, 11) is 2.74. The van der Waals surface area contributed by atoms with E-state index in [9.17, 15) is 45.5 Å². The molecule has 0 saturated carbocycles. The number of amides is 4. The lowest BCUT2D eigenvalue weighted by atomic mass is 10.0. The Balaban J connectivity index is 2.15. The van der Waals surface area contributed by atoms with Crippen molar-refractivity contribution in [1.29, 1.82) is 0 Å². The molecule has 41 heavy (non-hydrogen) atoms. The maximum absolute atomic E-state index is 13.5. The number of halogens is 6. The molecular weight excluding hydrogens is 568 g/mol. The Morgan fingerprint density at radius 2 is 1.61 bits per heavy atom. The van der Waals surface area contributed by atoms with Gasteiger partial charge in [-0.1, -0.05) is 0 Å². The van der Waals surface area contributed by atoms with Crippen molar-refractivity contribution in [3.05, 3.63) is 48.3 Å². The fourth-order valence-corrected chi connectivity index (χ4v) is 3.72. The minimum atomic E-state index is -5.54. The summed E-state index contributed by atoms with van der Waals surface area (Å²) in [6.07, 6.45) is -8.03. The Hall–Kier alpha value is -4.41. The fourth-order valence-electron chi connectivity index (χ4n) is 3.72. The van der Waals surface area contributed by atoms with Crippen molar-refractivity contribution in [2.75, 3.05) is 30.6 Å². The second-order valence-electron chi connectivity index (χ2n) is 9.43. The molecule has 0 spiro atoms. The van der Waals surface area contributed by atoms with Crippen LogP contribution in [0.25, 0.3) is 0 Å². The van der Waals surface area contributed by atoms with Crippen molar-refractivity contribution < 1.29 is 55.1 Å². The van der Waals surface area contributed by atoms with Gasteiger partial charge in [-0.05, 0) is 63.8 Å². The number of pyridine rings is 1. The van der Waals surface area contributed by atoms with Gasteiger partial charge in [0.1, 0.15) is 5.54 Å². The summed E-state index contributed by atoms with van der Waals surface area (Å²) in [6, 6.07) is 3.83. The van der Waals surface area contributed by atoms with Gasteiger partial charge in [-0.2, -0.15) is 13.2 Å². The van der Waals surface area contributed by atoms with Gasteiger partial charge in [0.05, 0.1) is 17.9 Å². The molecular formula is C24H23F6N5O6. The van der Waals surface area contributed by atoms with E-state index in [0.29, 0.717) is 28.7 Å². The molecule has 3 rings (SSSR count). The smallest absolute Gasteiger partial charge is 0.404 e. The Bertz CT molecular complexity index is 1330. The van der Waals surface area contributed by atoms with Crippen LogP contribution in [0, 0.1) is 0 Å². The van der Waals surface area contributed by atoms with E-state index in [1.165, 1.54) is 45.2 Å². The molecule has 0 atom stereocenters. The Labute approximate surface area is 228 Å². The first-order valence-corrected chi connectivity index (χ1v) is 11.5. The van der Waals surface area contributed by atoms with E-state index >= 15 is 0 Å². The largest absolute Gasteiger partial charge is 0.573 e. The summed E-state index contributed by atoms with van der Waals surface area (Å²) in [5, 5.41) is -0.0956. The second kappa shape index (κ2) is 11.2. The summed E-state index contributed by atoms with van der Waals surface area (Å²) in [4.78, 5) is 61.9. The molecule has 0 radical (unpaired) electrons. The van der Waals surface area contributed by atoms with Crippen LogP contribution in [0.4, 0.5) is 42.5 Å². The van der Waals surface area contributed by atoms with E-state index in [4.69, 9.17) is 0 Å². The van der Waals surface area contributed by atoms with E-state index in [1.807, 2.05) is 0 Å². The second-order valence-corrected chi connectivity index (χ2v) is 9.43. The first-order chi connectivity index (χ1) is 18.8. The third kappa shape index (κ3) is 7.03. The molecule has 1 fully saturated rings. The minimum absolute atomic E-state index is 0.0956. The van der Waals surface area contributed by atoms with Crippen LogP contribution in [-0.2, 0) is 25.8 Å². The number of carbonyl (C=O) groups is 4. The average molecular weight is 591 g/mol. The Kier molecular flexibility index (Phi) is 8.52. The number of alkyl halides is 6. The minimum Gasteiger partial charge on any atom is -0.404 e. The predicted molar refractivity (Wildman–Crippen MR) is 128 cm³/mol. The number of hydrogen-bond acceptors (Lipinski definition) is 8. The zero-order valence-electron chi connectivity index (χ0n) is 21.9. The number of rotatable bonds is 7. The summed E-state index contributed by atoms with van der Waals surface area (Å²) < 4.78 is 82.7. The van der Waals surface area contributed by atoms with Gasteiger partial charge in [-0.15, -0.1) is 18.2 Å². The molecule has 2 heterocycles. The molecule has 0 N–H and O–H groups in total. The molecule has 4 amide bonds. The fraction of sp³-hybridized carbons (Fsp3) is 0.375. The van der Waals surface area contributed by atoms with Crippen molar-refractivity contribution in [3.63, 3.8) is 0 Å². The molecule has 1 aromatic heterocycles. The lowest BCUT2D eigenvalue weighted by Crippen LogP contribution is -2.43. The molecule has 11 nitrogen and oxygen atoms in total. The first-order valence-electron chi connectivity index (χ1n) is 11.5. The number of benzene rings is 1. The Morgan fingerprint density at radius 1 is 1.00 bits per heavy atom. The van der Waals surface area contributed by atoms with Crippen molar-refractivity contribution in [2.24, 2.45) is 0 Å². The maximum atomic E-state index is 13.5. The topological polar surface area (TPSA) is 113 Å². The monoisotopic (exact) mass is 591 g/mol. The van der Waals surface area contributed by atoms with Crippen molar-refractivity contribution >= 4 is 35.2 Å². The molecule has 1 aromatic carbocycles. The van der Waals surface area contributed by atoms with Crippen LogP contribution in [0.3, 0.4) is 0 Å². The third-order valence-electron chi connectivity index (χ3n) is 5.64. The highest BCUT2D eigenvalue weighted by Crippen LogP contribution is 2.42. The van der Waals surface area contributed by atoms with Crippen LogP contribution < -0.4 is 14.7 Å². The van der Waals surface area contributed by atoms with E-state index < -0.39 is 65.6 Å². The molecule has 2 aromatic rings. The third-order valence-corrected chi connectivity index (χ3v) is 5.64. The van der Waals surface area contributed by atoms with Crippen molar-refractivity contribution in [3.8, 4) is 5.75 Å². The van der Waals surface area contributed by atoms with Gasteiger partial charge in [-0.25, -0.2) is 14.5 Å². The number of urea groups is 1.